The monoisotopic (exact) mass is 430 g/mol. The summed E-state index contributed by atoms with van der Waals surface area (Å²) in [6, 6.07) is 17.9. The summed E-state index contributed by atoms with van der Waals surface area (Å²) in [5.41, 5.74) is 2.85. The van der Waals surface area contributed by atoms with Crippen molar-refractivity contribution >= 4 is 17.3 Å². The van der Waals surface area contributed by atoms with Crippen LogP contribution in [0.3, 0.4) is 0 Å². The second-order valence-corrected chi connectivity index (χ2v) is 9.17. The van der Waals surface area contributed by atoms with Crippen LogP contribution in [0.1, 0.15) is 38.3 Å². The van der Waals surface area contributed by atoms with Gasteiger partial charge in [-0.15, -0.1) is 0 Å². The van der Waals surface area contributed by atoms with E-state index in [-0.39, 0.29) is 18.3 Å². The van der Waals surface area contributed by atoms with E-state index in [2.05, 4.69) is 10.1 Å². The lowest BCUT2D eigenvalue weighted by Gasteiger charge is -2.28. The number of halogens is 1. The van der Waals surface area contributed by atoms with Gasteiger partial charge in [0.2, 0.25) is 0 Å². The summed E-state index contributed by atoms with van der Waals surface area (Å²) in [6.45, 7) is 8.03. The molecule has 0 aliphatic carbocycles. The van der Waals surface area contributed by atoms with Gasteiger partial charge in [0.15, 0.2) is 0 Å². The summed E-state index contributed by atoms with van der Waals surface area (Å²) in [4.78, 5) is 7.89. The molecule has 1 heterocycles. The van der Waals surface area contributed by atoms with E-state index in [0.29, 0.717) is 24.7 Å². The van der Waals surface area contributed by atoms with Crippen molar-refractivity contribution in [3.63, 3.8) is 0 Å². The van der Waals surface area contributed by atoms with Crippen LogP contribution in [0.4, 0.5) is 0 Å². The first-order valence-corrected chi connectivity index (χ1v) is 10.7. The minimum absolute atomic E-state index is 0.0601. The Hall–Kier alpha value is -1.92. The number of hydrogen-bond acceptors (Lipinski definition) is 5. The van der Waals surface area contributed by atoms with Crippen molar-refractivity contribution in [3.8, 4) is 0 Å². The number of benzene rings is 2. The highest BCUT2D eigenvalue weighted by Gasteiger charge is 2.26. The SMILES string of the molecule is CC(C)(C)OC[C@H](O)CN(Cc1cccc(Cl)c1)C[C@H]1CC(c2ccccc2)=NO1. The van der Waals surface area contributed by atoms with E-state index in [9.17, 15) is 5.11 Å². The average Bonchev–Trinajstić information content (AvgIpc) is 3.15. The number of oxime groups is 1. The van der Waals surface area contributed by atoms with Gasteiger partial charge >= 0.3 is 0 Å². The van der Waals surface area contributed by atoms with Crippen LogP contribution < -0.4 is 0 Å². The lowest BCUT2D eigenvalue weighted by molar-refractivity contribution is -0.0600. The second kappa shape index (κ2) is 10.4. The summed E-state index contributed by atoms with van der Waals surface area (Å²) in [7, 11) is 0. The topological polar surface area (TPSA) is 54.3 Å². The molecule has 2 aromatic rings. The first kappa shape index (κ1) is 22.8. The molecule has 3 rings (SSSR count). The molecule has 0 unspecified atom stereocenters. The quantitative estimate of drug-likeness (QED) is 0.635. The Morgan fingerprint density at radius 2 is 1.97 bits per heavy atom. The van der Waals surface area contributed by atoms with E-state index >= 15 is 0 Å². The summed E-state index contributed by atoms with van der Waals surface area (Å²) in [5.74, 6) is 0. The standard InChI is InChI=1S/C24H31ClN2O3/c1-24(2,3)29-17-21(28)15-27(14-18-8-7-11-20(25)12-18)16-22-13-23(26-30-22)19-9-5-4-6-10-19/h4-12,21-22,28H,13-17H2,1-3H3/t21-,22-/m1/s1. The third kappa shape index (κ3) is 7.40. The number of hydrogen-bond donors (Lipinski definition) is 1. The third-order valence-corrected chi connectivity index (χ3v) is 5.01. The molecule has 162 valence electrons. The molecule has 1 N–H and O–H groups in total. The molecule has 0 fully saturated rings. The lowest BCUT2D eigenvalue weighted by Crippen LogP contribution is -2.40. The highest BCUT2D eigenvalue weighted by atomic mass is 35.5. The Bertz CT molecular complexity index is 836. The third-order valence-electron chi connectivity index (χ3n) is 4.77. The van der Waals surface area contributed by atoms with E-state index in [1.807, 2.05) is 75.4 Å². The highest BCUT2D eigenvalue weighted by molar-refractivity contribution is 6.30. The van der Waals surface area contributed by atoms with Crippen LogP contribution in [-0.2, 0) is 16.1 Å². The van der Waals surface area contributed by atoms with Crippen molar-refractivity contribution < 1.29 is 14.7 Å². The maximum absolute atomic E-state index is 10.6. The normalized spacial score (nSPS) is 17.7. The predicted molar refractivity (Wildman–Crippen MR) is 121 cm³/mol. The summed E-state index contributed by atoms with van der Waals surface area (Å²) < 4.78 is 5.75. The second-order valence-electron chi connectivity index (χ2n) is 8.74. The molecule has 6 heteroatoms. The number of ether oxygens (including phenoxy) is 1. The van der Waals surface area contributed by atoms with E-state index < -0.39 is 6.10 Å². The van der Waals surface area contributed by atoms with Crippen LogP contribution in [0.5, 0.6) is 0 Å². The van der Waals surface area contributed by atoms with Gasteiger partial charge in [-0.25, -0.2) is 0 Å². The molecule has 0 amide bonds. The Labute approximate surface area is 184 Å². The Morgan fingerprint density at radius 1 is 1.20 bits per heavy atom. The molecule has 30 heavy (non-hydrogen) atoms. The van der Waals surface area contributed by atoms with Gasteiger partial charge in [0.1, 0.15) is 6.10 Å². The first-order valence-electron chi connectivity index (χ1n) is 10.4. The van der Waals surface area contributed by atoms with Crippen molar-refractivity contribution in [2.75, 3.05) is 19.7 Å². The van der Waals surface area contributed by atoms with E-state index in [4.69, 9.17) is 21.2 Å². The number of rotatable bonds is 9. The fourth-order valence-corrected chi connectivity index (χ4v) is 3.62. The number of aliphatic hydroxyl groups excluding tert-OH is 1. The van der Waals surface area contributed by atoms with Gasteiger partial charge in [0.25, 0.3) is 0 Å². The van der Waals surface area contributed by atoms with Crippen molar-refractivity contribution in [2.24, 2.45) is 5.16 Å². The van der Waals surface area contributed by atoms with Crippen molar-refractivity contribution in [1.29, 1.82) is 0 Å². The maximum Gasteiger partial charge on any atom is 0.145 e. The van der Waals surface area contributed by atoms with Gasteiger partial charge in [-0.3, -0.25) is 4.90 Å². The van der Waals surface area contributed by atoms with Crippen LogP contribution in [0.2, 0.25) is 5.02 Å². The maximum atomic E-state index is 10.6. The fourth-order valence-electron chi connectivity index (χ4n) is 3.41. The molecule has 2 atom stereocenters. The lowest BCUT2D eigenvalue weighted by atomic mass is 10.0. The molecular formula is C24H31ClN2O3. The molecule has 0 saturated heterocycles. The molecule has 0 spiro atoms. The molecule has 1 aliphatic heterocycles. The van der Waals surface area contributed by atoms with Crippen molar-refractivity contribution in [1.82, 2.24) is 4.90 Å². The van der Waals surface area contributed by atoms with Crippen LogP contribution in [0, 0.1) is 0 Å². The summed E-state index contributed by atoms with van der Waals surface area (Å²) in [6.07, 6.45) is 0.0828. The van der Waals surface area contributed by atoms with Gasteiger partial charge in [0, 0.05) is 31.1 Å². The smallest absolute Gasteiger partial charge is 0.145 e. The van der Waals surface area contributed by atoms with Gasteiger partial charge in [0.05, 0.1) is 24.0 Å². The Morgan fingerprint density at radius 3 is 2.67 bits per heavy atom. The molecule has 0 saturated carbocycles. The van der Waals surface area contributed by atoms with Gasteiger partial charge in [-0.2, -0.15) is 0 Å². The minimum Gasteiger partial charge on any atom is -0.390 e. The zero-order chi connectivity index (χ0) is 21.6. The molecule has 1 aliphatic rings. The van der Waals surface area contributed by atoms with E-state index in [0.717, 1.165) is 23.3 Å². The van der Waals surface area contributed by atoms with Gasteiger partial charge in [-0.05, 0) is 44.0 Å². The summed E-state index contributed by atoms with van der Waals surface area (Å²) >= 11 is 6.16. The van der Waals surface area contributed by atoms with Crippen molar-refractivity contribution in [2.45, 2.75) is 51.5 Å². The zero-order valence-electron chi connectivity index (χ0n) is 17.9. The van der Waals surface area contributed by atoms with Crippen LogP contribution >= 0.6 is 11.6 Å². The molecule has 0 radical (unpaired) electrons. The van der Waals surface area contributed by atoms with Crippen LogP contribution in [-0.4, -0.2) is 53.2 Å². The molecule has 2 aromatic carbocycles. The first-order chi connectivity index (χ1) is 14.3. The van der Waals surface area contributed by atoms with E-state index in [1.165, 1.54) is 0 Å². The zero-order valence-corrected chi connectivity index (χ0v) is 18.7. The van der Waals surface area contributed by atoms with Gasteiger partial charge < -0.3 is 14.7 Å². The van der Waals surface area contributed by atoms with Crippen molar-refractivity contribution in [3.05, 3.63) is 70.7 Å². The Balaban J connectivity index is 1.62. The average molecular weight is 431 g/mol. The fraction of sp³-hybridized carbons (Fsp3) is 0.458. The molecule has 5 nitrogen and oxygen atoms in total. The predicted octanol–water partition coefficient (Wildman–Crippen LogP) is 4.51. The molecular weight excluding hydrogens is 400 g/mol. The van der Waals surface area contributed by atoms with Gasteiger partial charge in [-0.1, -0.05) is 59.2 Å². The van der Waals surface area contributed by atoms with Crippen LogP contribution in [0.25, 0.3) is 0 Å². The number of aliphatic hydroxyl groups is 1. The molecule has 0 bridgehead atoms. The highest BCUT2D eigenvalue weighted by Crippen LogP contribution is 2.20. The van der Waals surface area contributed by atoms with Crippen LogP contribution in [0.15, 0.2) is 59.8 Å². The molecule has 0 aromatic heterocycles. The minimum atomic E-state index is -0.598. The van der Waals surface area contributed by atoms with E-state index in [1.54, 1.807) is 0 Å². The summed E-state index contributed by atoms with van der Waals surface area (Å²) in [5, 5.41) is 15.6. The largest absolute Gasteiger partial charge is 0.390 e. The number of nitrogens with zero attached hydrogens (tertiary/aromatic N) is 2. The Kier molecular flexibility index (Phi) is 7.89.